The molecule has 0 unspecified atom stereocenters. The van der Waals surface area contributed by atoms with Crippen molar-refractivity contribution < 1.29 is 35.9 Å². The van der Waals surface area contributed by atoms with Crippen LogP contribution >= 0.6 is 11.6 Å². The smallest absolute Gasteiger partial charge is 0.216 e. The summed E-state index contributed by atoms with van der Waals surface area (Å²) in [6, 6.07) is 12.1. The number of hydrogen-bond donors (Lipinski definition) is 0. The molecule has 2 aromatic carbocycles. The molecule has 8 heteroatoms. The summed E-state index contributed by atoms with van der Waals surface area (Å²) in [7, 11) is 1.67. The number of benzene rings is 2. The molecule has 0 saturated heterocycles. The van der Waals surface area contributed by atoms with Crippen molar-refractivity contribution >= 4 is 22.4 Å². The van der Waals surface area contributed by atoms with E-state index in [1.807, 2.05) is 26.0 Å². The Balaban J connectivity index is 0.00000336. The Bertz CT molecular complexity index is 1440. The fourth-order valence-corrected chi connectivity index (χ4v) is 5.22. The highest BCUT2D eigenvalue weighted by atomic mass is 35.5. The highest BCUT2D eigenvalue weighted by Crippen LogP contribution is 2.43. The van der Waals surface area contributed by atoms with E-state index in [1.165, 1.54) is 22.4 Å². The molecule has 1 aliphatic rings. The zero-order chi connectivity index (χ0) is 25.9. The maximum Gasteiger partial charge on any atom is 0.216 e. The van der Waals surface area contributed by atoms with Gasteiger partial charge in [-0.3, -0.25) is 0 Å². The first kappa shape index (κ1) is 27.8. The SMILES string of the molecule is CCOc1cc2c(cc1OCC)-c1c(CC)c3ccc(OC)c(OCc4ccc(Cl)nc4)c3c[n+]1CC2.[Cl-]. The minimum Gasteiger partial charge on any atom is -1.00 e. The summed E-state index contributed by atoms with van der Waals surface area (Å²) < 4.78 is 26.3. The number of nitrogens with zero attached hydrogens (tertiary/aromatic N) is 2. The van der Waals surface area contributed by atoms with Crippen molar-refractivity contribution in [1.29, 1.82) is 0 Å². The van der Waals surface area contributed by atoms with Gasteiger partial charge in [-0.1, -0.05) is 24.6 Å². The van der Waals surface area contributed by atoms with E-state index in [2.05, 4.69) is 40.9 Å². The Labute approximate surface area is 234 Å². The second kappa shape index (κ2) is 12.1. The predicted octanol–water partition coefficient (Wildman–Crippen LogP) is 3.35. The molecule has 0 N–H and O–H groups in total. The molecule has 6 nitrogen and oxygen atoms in total. The topological polar surface area (TPSA) is 53.7 Å². The third-order valence-electron chi connectivity index (χ3n) is 6.73. The van der Waals surface area contributed by atoms with Crippen molar-refractivity contribution in [1.82, 2.24) is 4.98 Å². The molecule has 38 heavy (non-hydrogen) atoms. The van der Waals surface area contributed by atoms with Crippen molar-refractivity contribution in [3.63, 3.8) is 0 Å². The lowest BCUT2D eigenvalue weighted by Crippen LogP contribution is -3.00. The first-order valence-corrected chi connectivity index (χ1v) is 13.2. The number of methoxy groups -OCH3 is 1. The number of hydrogen-bond acceptors (Lipinski definition) is 5. The number of aryl methyl sites for hydroxylation is 3. The standard InChI is InChI=1S/C30H32ClN2O4.ClH/c1-5-21-22-9-10-25(34-4)30(37-18-19-8-11-28(31)32-16-19)24(22)17-33-13-12-20-14-26(35-6-2)27(36-7-3)15-23(20)29(21)33;/h8-11,14-17H,5-7,12-13,18H2,1-4H3;1H/q+1;/p-1. The van der Waals surface area contributed by atoms with Gasteiger partial charge in [0.15, 0.2) is 35.7 Å². The summed E-state index contributed by atoms with van der Waals surface area (Å²) in [5.74, 6) is 3.03. The minimum absolute atomic E-state index is 0. The van der Waals surface area contributed by atoms with Crippen LogP contribution in [0.4, 0.5) is 0 Å². The number of ether oxygens (including phenoxy) is 4. The summed E-state index contributed by atoms with van der Waals surface area (Å²) in [5.41, 5.74) is 5.90. The van der Waals surface area contributed by atoms with Gasteiger partial charge in [-0.2, -0.15) is 4.57 Å². The van der Waals surface area contributed by atoms with Gasteiger partial charge in [0, 0.05) is 29.1 Å². The van der Waals surface area contributed by atoms with Crippen LogP contribution in [0.1, 0.15) is 37.5 Å². The zero-order valence-corrected chi connectivity index (χ0v) is 23.7. The van der Waals surface area contributed by atoms with E-state index in [-0.39, 0.29) is 12.4 Å². The van der Waals surface area contributed by atoms with Crippen molar-refractivity contribution in [3.05, 3.63) is 70.6 Å². The van der Waals surface area contributed by atoms with E-state index in [0.717, 1.165) is 53.0 Å². The number of halogens is 2. The van der Waals surface area contributed by atoms with E-state index in [1.54, 1.807) is 19.4 Å². The van der Waals surface area contributed by atoms with Crippen LogP contribution < -0.4 is 35.9 Å². The van der Waals surface area contributed by atoms with Crippen LogP contribution in [-0.4, -0.2) is 25.3 Å². The molecule has 0 spiro atoms. The van der Waals surface area contributed by atoms with Gasteiger partial charge in [0.1, 0.15) is 11.8 Å². The van der Waals surface area contributed by atoms with Gasteiger partial charge in [-0.15, -0.1) is 0 Å². The molecule has 2 aromatic heterocycles. The Hall–Kier alpha value is -3.22. The van der Waals surface area contributed by atoms with E-state index in [4.69, 9.17) is 30.5 Å². The monoisotopic (exact) mass is 554 g/mol. The lowest BCUT2D eigenvalue weighted by molar-refractivity contribution is -0.686. The Morgan fingerprint density at radius 3 is 2.34 bits per heavy atom. The lowest BCUT2D eigenvalue weighted by atomic mass is 9.90. The van der Waals surface area contributed by atoms with Crippen molar-refractivity contribution in [3.8, 4) is 34.3 Å². The van der Waals surface area contributed by atoms with E-state index < -0.39 is 0 Å². The van der Waals surface area contributed by atoms with Gasteiger partial charge in [0.05, 0.1) is 31.3 Å². The van der Waals surface area contributed by atoms with Crippen LogP contribution in [-0.2, 0) is 26.0 Å². The summed E-state index contributed by atoms with van der Waals surface area (Å²) >= 11 is 5.95. The van der Waals surface area contributed by atoms with E-state index in [0.29, 0.717) is 30.7 Å². The average Bonchev–Trinajstić information content (AvgIpc) is 2.91. The van der Waals surface area contributed by atoms with Crippen molar-refractivity contribution in [2.24, 2.45) is 0 Å². The molecule has 0 amide bonds. The molecule has 0 radical (unpaired) electrons. The largest absolute Gasteiger partial charge is 1.00 e. The second-order valence-electron chi connectivity index (χ2n) is 8.91. The van der Waals surface area contributed by atoms with Gasteiger partial charge in [-0.05, 0) is 56.2 Å². The first-order valence-electron chi connectivity index (χ1n) is 12.8. The Morgan fingerprint density at radius 2 is 1.68 bits per heavy atom. The molecule has 1 aliphatic heterocycles. The lowest BCUT2D eigenvalue weighted by Gasteiger charge is -2.22. The van der Waals surface area contributed by atoms with Crippen molar-refractivity contribution in [2.45, 2.75) is 46.8 Å². The van der Waals surface area contributed by atoms with Gasteiger partial charge in [0.25, 0.3) is 0 Å². The molecule has 0 bridgehead atoms. The van der Waals surface area contributed by atoms with Crippen LogP contribution in [0.3, 0.4) is 0 Å². The van der Waals surface area contributed by atoms with Crippen LogP contribution in [0.15, 0.2) is 48.8 Å². The Kier molecular flexibility index (Phi) is 8.85. The number of aromatic nitrogens is 2. The second-order valence-corrected chi connectivity index (χ2v) is 9.30. The molecule has 5 rings (SSSR count). The molecule has 0 aliphatic carbocycles. The number of pyridine rings is 2. The van der Waals surface area contributed by atoms with Crippen LogP contribution in [0.25, 0.3) is 22.0 Å². The van der Waals surface area contributed by atoms with E-state index in [9.17, 15) is 0 Å². The third-order valence-corrected chi connectivity index (χ3v) is 6.96. The maximum absolute atomic E-state index is 6.36. The molecular weight excluding hydrogens is 523 g/mol. The molecule has 0 atom stereocenters. The van der Waals surface area contributed by atoms with Gasteiger partial charge >= 0.3 is 0 Å². The minimum atomic E-state index is 0. The summed E-state index contributed by atoms with van der Waals surface area (Å²) in [5, 5.41) is 2.64. The van der Waals surface area contributed by atoms with Crippen LogP contribution in [0.5, 0.6) is 23.0 Å². The predicted molar refractivity (Wildman–Crippen MR) is 145 cm³/mol. The molecule has 0 fully saturated rings. The fraction of sp³-hybridized carbons (Fsp3) is 0.333. The zero-order valence-electron chi connectivity index (χ0n) is 22.1. The summed E-state index contributed by atoms with van der Waals surface area (Å²) in [6.45, 7) is 8.61. The highest BCUT2D eigenvalue weighted by Gasteiger charge is 2.31. The fourth-order valence-electron chi connectivity index (χ4n) is 5.11. The molecular formula is C30H32Cl2N2O4. The Morgan fingerprint density at radius 1 is 0.921 bits per heavy atom. The highest BCUT2D eigenvalue weighted by molar-refractivity contribution is 6.29. The quantitative estimate of drug-likeness (QED) is 0.234. The molecule has 200 valence electrons. The van der Waals surface area contributed by atoms with Crippen molar-refractivity contribution in [2.75, 3.05) is 20.3 Å². The number of fused-ring (bicyclic) bond motifs is 4. The summed E-state index contributed by atoms with van der Waals surface area (Å²) in [4.78, 5) is 4.17. The van der Waals surface area contributed by atoms with Gasteiger partial charge in [-0.25, -0.2) is 4.98 Å². The number of rotatable bonds is 9. The first-order chi connectivity index (χ1) is 18.1. The molecule has 4 aromatic rings. The summed E-state index contributed by atoms with van der Waals surface area (Å²) in [6.07, 6.45) is 5.71. The van der Waals surface area contributed by atoms with Gasteiger partial charge < -0.3 is 31.4 Å². The third kappa shape index (κ3) is 5.20. The van der Waals surface area contributed by atoms with Crippen LogP contribution in [0.2, 0.25) is 5.15 Å². The molecule has 0 saturated carbocycles. The van der Waals surface area contributed by atoms with E-state index >= 15 is 0 Å². The molecule has 3 heterocycles. The average molecular weight is 556 g/mol. The van der Waals surface area contributed by atoms with Crippen LogP contribution in [0, 0.1) is 0 Å². The van der Waals surface area contributed by atoms with Gasteiger partial charge in [0.2, 0.25) is 5.69 Å². The maximum atomic E-state index is 6.36. The normalized spacial score (nSPS) is 11.8.